The third kappa shape index (κ3) is 1.86. The smallest absolute Gasteiger partial charge is 0.241 e. The molecule has 2 fully saturated rings. The molecule has 2 aromatic carbocycles. The van der Waals surface area contributed by atoms with Crippen LogP contribution in [0.2, 0.25) is 0 Å². The maximum Gasteiger partial charge on any atom is 0.241 e. The van der Waals surface area contributed by atoms with Crippen LogP contribution in [0.25, 0.3) is 11.1 Å². The molecule has 0 N–H and O–H groups in total. The van der Waals surface area contributed by atoms with Gasteiger partial charge in [-0.3, -0.25) is 9.59 Å². The van der Waals surface area contributed by atoms with Crippen LogP contribution >= 0.6 is 0 Å². The molecule has 3 aliphatic rings. The van der Waals surface area contributed by atoms with Gasteiger partial charge in [-0.05, 0) is 18.6 Å². The molecule has 2 saturated heterocycles. The monoisotopic (exact) mass is 331 g/mol. The Kier molecular flexibility index (Phi) is 2.86. The summed E-state index contributed by atoms with van der Waals surface area (Å²) >= 11 is 0. The van der Waals surface area contributed by atoms with E-state index in [4.69, 9.17) is 4.74 Å². The van der Waals surface area contributed by atoms with Crippen LogP contribution in [0.4, 0.5) is 5.69 Å². The Bertz CT molecular complexity index is 920. The van der Waals surface area contributed by atoms with Crippen LogP contribution in [0.3, 0.4) is 0 Å². The quantitative estimate of drug-likeness (QED) is 0.627. The summed E-state index contributed by atoms with van der Waals surface area (Å²) in [5.74, 6) is -1.16. The van der Waals surface area contributed by atoms with Gasteiger partial charge in [0.05, 0.1) is 29.2 Å². The molecule has 0 saturated carbocycles. The number of anilines is 1. The maximum atomic E-state index is 13.2. The highest BCUT2D eigenvalue weighted by Crippen LogP contribution is 2.52. The van der Waals surface area contributed by atoms with Gasteiger partial charge in [0.2, 0.25) is 11.8 Å². The molecule has 2 bridgehead atoms. The van der Waals surface area contributed by atoms with Gasteiger partial charge in [-0.2, -0.15) is 0 Å². The van der Waals surface area contributed by atoms with E-state index >= 15 is 0 Å². The number of imide groups is 1. The Balaban J connectivity index is 1.63. The maximum absolute atomic E-state index is 13.2. The van der Waals surface area contributed by atoms with Gasteiger partial charge in [0.25, 0.3) is 0 Å². The first-order valence-corrected chi connectivity index (χ1v) is 8.49. The predicted molar refractivity (Wildman–Crippen MR) is 93.8 cm³/mol. The fourth-order valence-electron chi connectivity index (χ4n) is 4.42. The zero-order chi connectivity index (χ0) is 17.2. The lowest BCUT2D eigenvalue weighted by Crippen LogP contribution is -2.38. The average Bonchev–Trinajstić information content (AvgIpc) is 3.24. The molecule has 0 aromatic heterocycles. The molecule has 3 aliphatic heterocycles. The number of ether oxygens (including phenoxy) is 1. The van der Waals surface area contributed by atoms with Gasteiger partial charge in [-0.15, -0.1) is 0 Å². The van der Waals surface area contributed by atoms with Crippen LogP contribution in [0.15, 0.2) is 66.7 Å². The van der Waals surface area contributed by atoms with E-state index in [1.165, 1.54) is 4.90 Å². The highest BCUT2D eigenvalue weighted by molar-refractivity contribution is 6.24. The lowest BCUT2D eigenvalue weighted by molar-refractivity contribution is -0.126. The van der Waals surface area contributed by atoms with Crippen molar-refractivity contribution in [2.24, 2.45) is 11.8 Å². The molecule has 2 aromatic rings. The van der Waals surface area contributed by atoms with Gasteiger partial charge in [0.1, 0.15) is 0 Å². The minimum atomic E-state index is -0.668. The van der Waals surface area contributed by atoms with Gasteiger partial charge in [-0.25, -0.2) is 4.90 Å². The number of hydrogen-bond acceptors (Lipinski definition) is 3. The second-order valence-corrected chi connectivity index (χ2v) is 7.02. The number of fused-ring (bicyclic) bond motifs is 5. The number of hydrogen-bond donors (Lipinski definition) is 0. The molecular weight excluding hydrogens is 314 g/mol. The number of amides is 2. The number of rotatable bonds is 2. The normalized spacial score (nSPS) is 32.5. The Morgan fingerprint density at radius 2 is 1.68 bits per heavy atom. The van der Waals surface area contributed by atoms with Gasteiger partial charge >= 0.3 is 0 Å². The first-order valence-electron chi connectivity index (χ1n) is 8.49. The summed E-state index contributed by atoms with van der Waals surface area (Å²) in [6.45, 7) is 1.89. The van der Waals surface area contributed by atoms with E-state index in [1.54, 1.807) is 0 Å². The van der Waals surface area contributed by atoms with E-state index in [9.17, 15) is 9.59 Å². The zero-order valence-corrected chi connectivity index (χ0v) is 13.8. The van der Waals surface area contributed by atoms with Crippen LogP contribution in [0.1, 0.15) is 6.92 Å². The third-order valence-electron chi connectivity index (χ3n) is 5.56. The molecule has 124 valence electrons. The Morgan fingerprint density at radius 3 is 2.44 bits per heavy atom. The van der Waals surface area contributed by atoms with Crippen molar-refractivity contribution in [3.8, 4) is 11.1 Å². The lowest BCUT2D eigenvalue weighted by atomic mass is 9.78. The summed E-state index contributed by atoms with van der Waals surface area (Å²) in [5.41, 5.74) is 1.86. The number of carbonyl (C=O) groups is 2. The predicted octanol–water partition coefficient (Wildman–Crippen LogP) is 3.19. The second-order valence-electron chi connectivity index (χ2n) is 7.02. The molecule has 3 heterocycles. The topological polar surface area (TPSA) is 46.6 Å². The fraction of sp³-hybridized carbons (Fsp3) is 0.238. The van der Waals surface area contributed by atoms with Crippen LogP contribution in [0.5, 0.6) is 0 Å². The number of para-hydroxylation sites is 1. The van der Waals surface area contributed by atoms with E-state index in [0.29, 0.717) is 5.69 Å². The van der Waals surface area contributed by atoms with Crippen molar-refractivity contribution in [3.05, 3.63) is 66.7 Å². The molecule has 4 nitrogen and oxygen atoms in total. The van der Waals surface area contributed by atoms with Gasteiger partial charge in [0.15, 0.2) is 0 Å². The summed E-state index contributed by atoms with van der Waals surface area (Å²) in [5, 5.41) is 0. The van der Waals surface area contributed by atoms with Crippen LogP contribution in [-0.2, 0) is 14.3 Å². The van der Waals surface area contributed by atoms with Crippen molar-refractivity contribution < 1.29 is 14.3 Å². The molecule has 0 radical (unpaired) electrons. The average molecular weight is 331 g/mol. The Hall–Kier alpha value is -2.72. The zero-order valence-electron chi connectivity index (χ0n) is 13.8. The van der Waals surface area contributed by atoms with Gasteiger partial charge < -0.3 is 4.74 Å². The van der Waals surface area contributed by atoms with E-state index in [1.807, 2.05) is 73.7 Å². The fourth-order valence-corrected chi connectivity index (χ4v) is 4.42. The van der Waals surface area contributed by atoms with Crippen LogP contribution in [0, 0.1) is 11.8 Å². The third-order valence-corrected chi connectivity index (χ3v) is 5.56. The molecule has 2 amide bonds. The number of carbonyl (C=O) groups excluding carboxylic acids is 2. The Morgan fingerprint density at radius 1 is 0.960 bits per heavy atom. The first-order chi connectivity index (χ1) is 12.1. The second kappa shape index (κ2) is 4.90. The molecule has 0 unspecified atom stereocenters. The molecule has 0 aliphatic carbocycles. The summed E-state index contributed by atoms with van der Waals surface area (Å²) in [7, 11) is 0. The lowest BCUT2D eigenvalue weighted by Gasteiger charge is -2.25. The molecule has 4 atom stereocenters. The highest BCUT2D eigenvalue weighted by Gasteiger charge is 2.66. The summed E-state index contributed by atoms with van der Waals surface area (Å²) < 4.78 is 5.89. The van der Waals surface area contributed by atoms with Crippen molar-refractivity contribution in [2.45, 2.75) is 18.6 Å². The molecule has 0 spiro atoms. The van der Waals surface area contributed by atoms with Crippen molar-refractivity contribution in [1.29, 1.82) is 0 Å². The molecule has 4 heteroatoms. The summed E-state index contributed by atoms with van der Waals surface area (Å²) in [6, 6.07) is 17.4. The highest BCUT2D eigenvalue weighted by atomic mass is 16.5. The molecule has 5 rings (SSSR count). The standard InChI is InChI=1S/C21H17NO3/c1-21-12-11-16(25-21)17-18(21)20(24)22(19(17)23)15-10-6-5-9-14(15)13-7-3-2-4-8-13/h2-12,16-18H,1H3/t16-,17-,18-,21+/m1/s1. The number of nitrogens with zero attached hydrogens (tertiary/aromatic N) is 1. The summed E-state index contributed by atoms with van der Waals surface area (Å²) in [4.78, 5) is 27.6. The van der Waals surface area contributed by atoms with Crippen LogP contribution < -0.4 is 4.90 Å². The first kappa shape index (κ1) is 14.6. The molecular formula is C21H17NO3. The van der Waals surface area contributed by atoms with E-state index in [2.05, 4.69) is 0 Å². The minimum absolute atomic E-state index is 0.156. The van der Waals surface area contributed by atoms with E-state index in [-0.39, 0.29) is 17.9 Å². The van der Waals surface area contributed by atoms with Gasteiger partial charge in [0, 0.05) is 5.56 Å². The number of benzene rings is 2. The SMILES string of the molecule is C[C@@]12C=C[C@@H](O1)[C@H]1C(=O)N(c3ccccc3-c3ccccc3)C(=O)[C@@H]12. The Labute approximate surface area is 145 Å². The van der Waals surface area contributed by atoms with Crippen LogP contribution in [-0.4, -0.2) is 23.5 Å². The molecule has 25 heavy (non-hydrogen) atoms. The largest absolute Gasteiger partial charge is 0.362 e. The minimum Gasteiger partial charge on any atom is -0.362 e. The van der Waals surface area contributed by atoms with Gasteiger partial charge in [-0.1, -0.05) is 60.7 Å². The van der Waals surface area contributed by atoms with Crippen molar-refractivity contribution in [2.75, 3.05) is 4.90 Å². The van der Waals surface area contributed by atoms with Crippen molar-refractivity contribution >= 4 is 17.5 Å². The van der Waals surface area contributed by atoms with Crippen molar-refractivity contribution in [3.63, 3.8) is 0 Å². The van der Waals surface area contributed by atoms with Crippen molar-refractivity contribution in [1.82, 2.24) is 0 Å². The summed E-state index contributed by atoms with van der Waals surface area (Å²) in [6.07, 6.45) is 3.55. The van der Waals surface area contributed by atoms with E-state index < -0.39 is 17.4 Å². The van der Waals surface area contributed by atoms with E-state index in [0.717, 1.165) is 11.1 Å².